The van der Waals surface area contributed by atoms with Crippen LogP contribution in [-0.2, 0) is 18.3 Å². The van der Waals surface area contributed by atoms with Crippen molar-refractivity contribution in [3.05, 3.63) is 47.0 Å². The third-order valence-corrected chi connectivity index (χ3v) is 7.88. The molecule has 2 bridgehead atoms. The predicted octanol–water partition coefficient (Wildman–Crippen LogP) is 4.37. The van der Waals surface area contributed by atoms with Crippen molar-refractivity contribution in [2.24, 2.45) is 7.05 Å². The third kappa shape index (κ3) is 4.17. The molecule has 4 aromatic rings. The molecule has 0 amide bonds. The SMILES string of the molecule is Cc1nn(CCO)c2c1/C=C/c1nn(PI)c3ccc(cc13)-c1cnn(C)c1C(C)OCCO2. The summed E-state index contributed by atoms with van der Waals surface area (Å²) in [7, 11) is 1.94. The molecule has 0 saturated heterocycles. The van der Waals surface area contributed by atoms with E-state index < -0.39 is 0 Å². The average molecular weight is 592 g/mol. The fourth-order valence-corrected chi connectivity index (χ4v) is 5.95. The number of aromatic nitrogens is 6. The van der Waals surface area contributed by atoms with Crippen molar-refractivity contribution >= 4 is 51.5 Å². The van der Waals surface area contributed by atoms with Crippen molar-refractivity contribution in [3.63, 3.8) is 0 Å². The number of hydrogen-bond acceptors (Lipinski definition) is 6. The van der Waals surface area contributed by atoms with Gasteiger partial charge in [-0.3, -0.25) is 4.68 Å². The number of hydrogen-bond donors (Lipinski definition) is 1. The number of halogens is 1. The Hall–Kier alpha value is -2.27. The van der Waals surface area contributed by atoms with Gasteiger partial charge in [0.2, 0.25) is 5.88 Å². The van der Waals surface area contributed by atoms with Crippen LogP contribution in [0.4, 0.5) is 0 Å². The standard InChI is InChI=1S/C23H26IN6O3P/c1-14-17-5-6-20-18-12-16(4-7-21(18)30(27-20)34-24)19-13-25-28(3)22(19)15(2)32-10-11-33-23(17)29(26-14)8-9-31/h4-7,12-13,15,31,34H,8-11H2,1-3H3/b6-5+. The second-order valence-corrected chi connectivity index (χ2v) is 10.2. The van der Waals surface area contributed by atoms with E-state index in [1.54, 1.807) is 4.68 Å². The van der Waals surface area contributed by atoms with Crippen molar-refractivity contribution in [2.45, 2.75) is 26.5 Å². The van der Waals surface area contributed by atoms with Crippen molar-refractivity contribution in [2.75, 3.05) is 19.8 Å². The quantitative estimate of drug-likeness (QED) is 0.281. The first-order valence-corrected chi connectivity index (χ1v) is 15.1. The van der Waals surface area contributed by atoms with E-state index in [1.807, 2.05) is 48.4 Å². The molecule has 5 rings (SSSR count). The zero-order valence-corrected chi connectivity index (χ0v) is 22.4. The van der Waals surface area contributed by atoms with Crippen LogP contribution in [0, 0.1) is 6.92 Å². The smallest absolute Gasteiger partial charge is 0.219 e. The summed E-state index contributed by atoms with van der Waals surface area (Å²) >= 11 is 2.35. The van der Waals surface area contributed by atoms with E-state index in [4.69, 9.17) is 14.6 Å². The van der Waals surface area contributed by atoms with Gasteiger partial charge in [0.1, 0.15) is 6.61 Å². The molecule has 0 saturated carbocycles. The van der Waals surface area contributed by atoms with Crippen LogP contribution in [0.3, 0.4) is 0 Å². The topological polar surface area (TPSA) is 92.2 Å². The summed E-state index contributed by atoms with van der Waals surface area (Å²) in [5.74, 6) is 0.621. The molecule has 1 N–H and O–H groups in total. The Labute approximate surface area is 212 Å². The first kappa shape index (κ1) is 23.5. The third-order valence-electron chi connectivity index (χ3n) is 6.00. The number of ether oxygens (including phenoxy) is 2. The highest BCUT2D eigenvalue weighted by molar-refractivity contribution is 14.2. The highest BCUT2D eigenvalue weighted by Gasteiger charge is 2.21. The maximum absolute atomic E-state index is 9.50. The molecule has 0 spiro atoms. The minimum Gasteiger partial charge on any atom is -0.475 e. The lowest BCUT2D eigenvalue weighted by atomic mass is 10.0. The molecule has 2 unspecified atom stereocenters. The van der Waals surface area contributed by atoms with Gasteiger partial charge in [0.05, 0.1) is 66.6 Å². The van der Waals surface area contributed by atoms with Crippen LogP contribution in [0.2, 0.25) is 0 Å². The van der Waals surface area contributed by atoms with Gasteiger partial charge >= 0.3 is 0 Å². The van der Waals surface area contributed by atoms with Crippen molar-refractivity contribution in [1.29, 1.82) is 0 Å². The lowest BCUT2D eigenvalue weighted by molar-refractivity contribution is 0.0376. The predicted molar refractivity (Wildman–Crippen MR) is 143 cm³/mol. The number of aliphatic hydroxyl groups excluding tert-OH is 1. The van der Waals surface area contributed by atoms with Gasteiger partial charge in [-0.2, -0.15) is 15.3 Å². The van der Waals surface area contributed by atoms with Gasteiger partial charge in [-0.1, -0.05) is 6.07 Å². The second-order valence-electron chi connectivity index (χ2n) is 8.13. The van der Waals surface area contributed by atoms with Crippen molar-refractivity contribution < 1.29 is 14.6 Å². The summed E-state index contributed by atoms with van der Waals surface area (Å²) in [5, 5.41) is 24.5. The molecule has 11 heteroatoms. The number of fused-ring (bicyclic) bond motifs is 4. The van der Waals surface area contributed by atoms with Crippen molar-refractivity contribution in [3.8, 4) is 17.0 Å². The minimum atomic E-state index is -0.174. The molecule has 0 aliphatic carbocycles. The second kappa shape index (κ2) is 9.77. The molecule has 0 fully saturated rings. The van der Waals surface area contributed by atoms with Gasteiger partial charge in [-0.25, -0.2) is 9.13 Å². The normalized spacial score (nSPS) is 17.5. The van der Waals surface area contributed by atoms with E-state index in [0.29, 0.717) is 32.0 Å². The summed E-state index contributed by atoms with van der Waals surface area (Å²) < 4.78 is 17.9. The van der Waals surface area contributed by atoms with Crippen LogP contribution < -0.4 is 4.74 Å². The first-order chi connectivity index (χ1) is 16.5. The van der Waals surface area contributed by atoms with Crippen LogP contribution in [0.1, 0.15) is 35.7 Å². The molecule has 34 heavy (non-hydrogen) atoms. The van der Waals surface area contributed by atoms with Gasteiger partial charge in [0.15, 0.2) is 0 Å². The Morgan fingerprint density at radius 3 is 2.88 bits per heavy atom. The lowest BCUT2D eigenvalue weighted by Crippen LogP contribution is -2.15. The van der Waals surface area contributed by atoms with Crippen LogP contribution in [0.5, 0.6) is 5.88 Å². The molecule has 1 aliphatic heterocycles. The molecule has 3 aromatic heterocycles. The van der Waals surface area contributed by atoms with E-state index in [1.165, 1.54) is 0 Å². The van der Waals surface area contributed by atoms with E-state index in [9.17, 15) is 5.11 Å². The van der Waals surface area contributed by atoms with Crippen LogP contribution in [-0.4, -0.2) is 54.0 Å². The summed E-state index contributed by atoms with van der Waals surface area (Å²) in [6, 6.07) is 6.43. The first-order valence-electron chi connectivity index (χ1n) is 11.0. The fraction of sp³-hybridized carbons (Fsp3) is 0.348. The van der Waals surface area contributed by atoms with E-state index in [2.05, 4.69) is 50.4 Å². The minimum absolute atomic E-state index is 0.0220. The summed E-state index contributed by atoms with van der Waals surface area (Å²) in [5.41, 5.74) is 6.80. The molecule has 1 aromatic carbocycles. The molecule has 9 nitrogen and oxygen atoms in total. The number of nitrogens with zero attached hydrogens (tertiary/aromatic N) is 6. The molecular formula is C23H26IN6O3P. The summed E-state index contributed by atoms with van der Waals surface area (Å²) in [6.07, 6.45) is 6.22. The maximum Gasteiger partial charge on any atom is 0.219 e. The van der Waals surface area contributed by atoms with Gasteiger partial charge < -0.3 is 14.6 Å². The summed E-state index contributed by atoms with van der Waals surface area (Å²) in [4.78, 5) is 0. The number of benzene rings is 1. The Bertz CT molecular complexity index is 1370. The lowest BCUT2D eigenvalue weighted by Gasteiger charge is -2.17. The van der Waals surface area contributed by atoms with E-state index >= 15 is 0 Å². The Kier molecular flexibility index (Phi) is 6.74. The number of aliphatic hydroxyl groups is 1. The Morgan fingerprint density at radius 1 is 1.24 bits per heavy atom. The zero-order valence-electron chi connectivity index (χ0n) is 19.2. The molecule has 178 valence electrons. The van der Waals surface area contributed by atoms with Crippen LogP contribution >= 0.6 is 28.4 Å². The summed E-state index contributed by atoms with van der Waals surface area (Å²) in [6.45, 7) is 5.07. The molecule has 2 atom stereocenters. The highest BCUT2D eigenvalue weighted by Crippen LogP contribution is 2.36. The fourth-order valence-electron chi connectivity index (χ4n) is 4.42. The largest absolute Gasteiger partial charge is 0.475 e. The Balaban J connectivity index is 1.70. The van der Waals surface area contributed by atoms with E-state index in [0.717, 1.165) is 44.7 Å². The number of rotatable bonds is 3. The van der Waals surface area contributed by atoms with Crippen LogP contribution in [0.15, 0.2) is 24.4 Å². The van der Waals surface area contributed by atoms with Gasteiger partial charge in [0, 0.05) is 18.0 Å². The monoisotopic (exact) mass is 592 g/mol. The Morgan fingerprint density at radius 2 is 2.09 bits per heavy atom. The van der Waals surface area contributed by atoms with Gasteiger partial charge in [-0.15, -0.1) is 0 Å². The molecular weight excluding hydrogens is 566 g/mol. The molecule has 4 heterocycles. The van der Waals surface area contributed by atoms with E-state index in [-0.39, 0.29) is 12.7 Å². The van der Waals surface area contributed by atoms with Crippen LogP contribution in [0.25, 0.3) is 34.2 Å². The van der Waals surface area contributed by atoms with Gasteiger partial charge in [0.25, 0.3) is 0 Å². The van der Waals surface area contributed by atoms with Gasteiger partial charge in [-0.05, 0) is 65.7 Å². The molecule has 0 radical (unpaired) electrons. The highest BCUT2D eigenvalue weighted by atomic mass is 127. The average Bonchev–Trinajstić information content (AvgIpc) is 3.47. The molecule has 1 aliphatic rings. The maximum atomic E-state index is 9.50. The van der Waals surface area contributed by atoms with Crippen molar-refractivity contribution in [1.82, 2.24) is 29.1 Å². The number of aryl methyl sites for hydroxylation is 2. The zero-order chi connectivity index (χ0) is 23.8.